The molecule has 0 radical (unpaired) electrons. The van der Waals surface area contributed by atoms with Crippen LogP contribution in [0.15, 0.2) is 30.9 Å². The highest BCUT2D eigenvalue weighted by atomic mass is 35.5. The number of nitrogen functional groups attached to an aromatic ring is 1. The number of fused-ring (bicyclic) bond motifs is 1. The highest BCUT2D eigenvalue weighted by Gasteiger charge is 2.15. The number of rotatable bonds is 3. The van der Waals surface area contributed by atoms with Crippen LogP contribution in [0.25, 0.3) is 10.1 Å². The fourth-order valence-electron chi connectivity index (χ4n) is 1.50. The van der Waals surface area contributed by atoms with Crippen LogP contribution in [0.5, 0.6) is 0 Å². The third kappa shape index (κ3) is 2.28. The second kappa shape index (κ2) is 4.77. The van der Waals surface area contributed by atoms with Crippen molar-refractivity contribution in [3.63, 3.8) is 0 Å². The average Bonchev–Trinajstić information content (AvgIpc) is 2.64. The summed E-state index contributed by atoms with van der Waals surface area (Å²) in [5, 5.41) is 4.14. The molecule has 1 heterocycles. The lowest BCUT2D eigenvalue weighted by Gasteiger charge is -2.00. The summed E-state index contributed by atoms with van der Waals surface area (Å²) < 4.78 is 0.954. The Morgan fingerprint density at radius 3 is 3.06 bits per heavy atom. The minimum Gasteiger partial charge on any atom is -0.397 e. The molecule has 0 unspecified atom stereocenters. The standard InChI is InChI=1S/C12H11ClN2OS/c1-2-5-15-12(16)11-10(14)8-6-7(13)3-4-9(8)17-11/h2-4,6H,1,5,14H2,(H,15,16). The molecule has 2 aromatic rings. The summed E-state index contributed by atoms with van der Waals surface area (Å²) in [7, 11) is 0. The Balaban J connectivity index is 2.45. The second-order valence-electron chi connectivity index (χ2n) is 3.48. The van der Waals surface area contributed by atoms with Gasteiger partial charge < -0.3 is 11.1 Å². The smallest absolute Gasteiger partial charge is 0.263 e. The highest BCUT2D eigenvalue weighted by molar-refractivity contribution is 7.21. The lowest BCUT2D eigenvalue weighted by Crippen LogP contribution is -2.22. The van der Waals surface area contributed by atoms with Crippen molar-refractivity contribution in [3.8, 4) is 0 Å². The maximum absolute atomic E-state index is 11.8. The molecule has 0 aliphatic rings. The molecule has 1 amide bonds. The van der Waals surface area contributed by atoms with Crippen LogP contribution in [0, 0.1) is 0 Å². The summed E-state index contributed by atoms with van der Waals surface area (Å²) in [5.74, 6) is -0.181. The van der Waals surface area contributed by atoms with Crippen LogP contribution in [-0.4, -0.2) is 12.5 Å². The molecule has 0 aliphatic carbocycles. The first kappa shape index (κ1) is 12.0. The van der Waals surface area contributed by atoms with Crippen molar-refractivity contribution in [1.82, 2.24) is 5.32 Å². The summed E-state index contributed by atoms with van der Waals surface area (Å²) in [6.07, 6.45) is 1.62. The van der Waals surface area contributed by atoms with Gasteiger partial charge in [-0.3, -0.25) is 4.79 Å². The normalized spacial score (nSPS) is 10.4. The van der Waals surface area contributed by atoms with Crippen molar-refractivity contribution in [2.45, 2.75) is 0 Å². The maximum atomic E-state index is 11.8. The zero-order valence-electron chi connectivity index (χ0n) is 9.00. The first-order valence-corrected chi connectivity index (χ1v) is 6.19. The average molecular weight is 267 g/mol. The van der Waals surface area contributed by atoms with E-state index in [4.69, 9.17) is 17.3 Å². The van der Waals surface area contributed by atoms with E-state index in [2.05, 4.69) is 11.9 Å². The van der Waals surface area contributed by atoms with E-state index < -0.39 is 0 Å². The van der Waals surface area contributed by atoms with Gasteiger partial charge in [-0.2, -0.15) is 0 Å². The first-order chi connectivity index (χ1) is 8.13. The summed E-state index contributed by atoms with van der Waals surface area (Å²) in [6, 6.07) is 5.42. The molecule has 17 heavy (non-hydrogen) atoms. The Bertz CT molecular complexity index is 591. The van der Waals surface area contributed by atoms with Crippen molar-refractivity contribution >= 4 is 44.6 Å². The van der Waals surface area contributed by atoms with Gasteiger partial charge in [0.1, 0.15) is 4.88 Å². The van der Waals surface area contributed by atoms with E-state index in [1.807, 2.05) is 6.07 Å². The van der Waals surface area contributed by atoms with E-state index in [1.54, 1.807) is 18.2 Å². The van der Waals surface area contributed by atoms with Gasteiger partial charge in [-0.25, -0.2) is 0 Å². The lowest BCUT2D eigenvalue weighted by atomic mass is 10.2. The number of nitrogens with one attached hydrogen (secondary N) is 1. The van der Waals surface area contributed by atoms with E-state index >= 15 is 0 Å². The predicted octanol–water partition coefficient (Wildman–Crippen LogP) is 3.05. The summed E-state index contributed by atoms with van der Waals surface area (Å²) in [6.45, 7) is 3.97. The molecule has 5 heteroatoms. The molecule has 0 fully saturated rings. The van der Waals surface area contributed by atoms with Gasteiger partial charge in [0.05, 0.1) is 5.69 Å². The van der Waals surface area contributed by atoms with E-state index in [9.17, 15) is 4.79 Å². The van der Waals surface area contributed by atoms with E-state index in [1.165, 1.54) is 11.3 Å². The molecule has 0 atom stereocenters. The van der Waals surface area contributed by atoms with Crippen LogP contribution in [0.1, 0.15) is 9.67 Å². The number of carbonyl (C=O) groups is 1. The minimum atomic E-state index is -0.181. The van der Waals surface area contributed by atoms with E-state index in [-0.39, 0.29) is 5.91 Å². The van der Waals surface area contributed by atoms with Crippen molar-refractivity contribution in [1.29, 1.82) is 0 Å². The van der Waals surface area contributed by atoms with Crippen molar-refractivity contribution in [3.05, 3.63) is 40.8 Å². The van der Waals surface area contributed by atoms with Crippen molar-refractivity contribution < 1.29 is 4.79 Å². The van der Waals surface area contributed by atoms with Crippen LogP contribution in [-0.2, 0) is 0 Å². The third-order valence-electron chi connectivity index (χ3n) is 2.30. The molecule has 3 N–H and O–H groups in total. The molecule has 2 rings (SSSR count). The van der Waals surface area contributed by atoms with Crippen LogP contribution in [0.4, 0.5) is 5.69 Å². The van der Waals surface area contributed by atoms with Gasteiger partial charge in [-0.1, -0.05) is 17.7 Å². The zero-order chi connectivity index (χ0) is 12.4. The molecular weight excluding hydrogens is 256 g/mol. The van der Waals surface area contributed by atoms with Gasteiger partial charge >= 0.3 is 0 Å². The molecule has 88 valence electrons. The molecule has 0 spiro atoms. The zero-order valence-corrected chi connectivity index (χ0v) is 10.6. The summed E-state index contributed by atoms with van der Waals surface area (Å²) in [5.41, 5.74) is 6.43. The van der Waals surface area contributed by atoms with Crippen molar-refractivity contribution in [2.75, 3.05) is 12.3 Å². The molecule has 3 nitrogen and oxygen atoms in total. The number of nitrogens with two attached hydrogens (primary N) is 1. The molecule has 0 saturated heterocycles. The highest BCUT2D eigenvalue weighted by Crippen LogP contribution is 2.35. The Kier molecular flexibility index (Phi) is 3.36. The van der Waals surface area contributed by atoms with Crippen LogP contribution in [0.3, 0.4) is 0 Å². The molecule has 1 aromatic carbocycles. The summed E-state index contributed by atoms with van der Waals surface area (Å²) >= 11 is 7.26. The largest absolute Gasteiger partial charge is 0.397 e. The Labute approximate surface area is 108 Å². The fourth-order valence-corrected chi connectivity index (χ4v) is 2.69. The van der Waals surface area contributed by atoms with E-state index in [0.29, 0.717) is 22.1 Å². The molecule has 0 aliphatic heterocycles. The van der Waals surface area contributed by atoms with E-state index in [0.717, 1.165) is 10.1 Å². The molecule has 0 saturated carbocycles. The topological polar surface area (TPSA) is 55.1 Å². The summed E-state index contributed by atoms with van der Waals surface area (Å²) in [4.78, 5) is 12.3. The lowest BCUT2D eigenvalue weighted by molar-refractivity contribution is 0.0963. The van der Waals surface area contributed by atoms with Gasteiger partial charge in [0.15, 0.2) is 0 Å². The van der Waals surface area contributed by atoms with Crippen LogP contribution in [0.2, 0.25) is 5.02 Å². The van der Waals surface area contributed by atoms with Gasteiger partial charge in [-0.05, 0) is 18.2 Å². The number of anilines is 1. The van der Waals surface area contributed by atoms with Crippen molar-refractivity contribution in [2.24, 2.45) is 0 Å². The number of benzene rings is 1. The van der Waals surface area contributed by atoms with Crippen LogP contribution < -0.4 is 11.1 Å². The second-order valence-corrected chi connectivity index (χ2v) is 4.97. The van der Waals surface area contributed by atoms with Gasteiger partial charge in [-0.15, -0.1) is 17.9 Å². The monoisotopic (exact) mass is 266 g/mol. The molecule has 1 aromatic heterocycles. The quantitative estimate of drug-likeness (QED) is 0.839. The Hall–Kier alpha value is -1.52. The third-order valence-corrected chi connectivity index (χ3v) is 3.72. The first-order valence-electron chi connectivity index (χ1n) is 5.00. The number of carbonyl (C=O) groups excluding carboxylic acids is 1. The number of thiophene rings is 1. The Morgan fingerprint density at radius 2 is 2.35 bits per heavy atom. The number of hydrogen-bond acceptors (Lipinski definition) is 3. The maximum Gasteiger partial charge on any atom is 0.263 e. The van der Waals surface area contributed by atoms with Gasteiger partial charge in [0.25, 0.3) is 5.91 Å². The number of halogens is 1. The number of amides is 1. The van der Waals surface area contributed by atoms with Gasteiger partial charge in [0.2, 0.25) is 0 Å². The SMILES string of the molecule is C=CCNC(=O)c1sc2ccc(Cl)cc2c1N. The number of hydrogen-bond donors (Lipinski definition) is 2. The molecular formula is C12H11ClN2OS. The van der Waals surface area contributed by atoms with Crippen LogP contribution >= 0.6 is 22.9 Å². The molecule has 0 bridgehead atoms. The minimum absolute atomic E-state index is 0.181. The Morgan fingerprint density at radius 1 is 1.59 bits per heavy atom. The van der Waals surface area contributed by atoms with Gasteiger partial charge in [0, 0.05) is 21.7 Å². The predicted molar refractivity (Wildman–Crippen MR) is 73.8 cm³/mol. The fraction of sp³-hybridized carbons (Fsp3) is 0.0833.